The van der Waals surface area contributed by atoms with Crippen molar-refractivity contribution >= 4 is 0 Å². The summed E-state index contributed by atoms with van der Waals surface area (Å²) in [6.07, 6.45) is 0. The van der Waals surface area contributed by atoms with Gasteiger partial charge in [-0.1, -0.05) is 0 Å². The van der Waals surface area contributed by atoms with Crippen LogP contribution in [0, 0.1) is 0 Å². The van der Waals surface area contributed by atoms with Crippen LogP contribution < -0.4 is 10.6 Å². The van der Waals surface area contributed by atoms with E-state index in [-0.39, 0.29) is 0 Å². The summed E-state index contributed by atoms with van der Waals surface area (Å²) in [5, 5.41) is 6.53. The molecule has 0 aliphatic rings. The quantitative estimate of drug-likeness (QED) is 0.553. The van der Waals surface area contributed by atoms with Crippen molar-refractivity contribution in [2.75, 3.05) is 6.67 Å². The lowest BCUT2D eigenvalue weighted by Gasteiger charge is -2.11. The third kappa shape index (κ3) is 7.92. The van der Waals surface area contributed by atoms with Crippen molar-refractivity contribution in [3.8, 4) is 0 Å². The number of hydrogen-bond donors (Lipinski definition) is 2. The van der Waals surface area contributed by atoms with Gasteiger partial charge in [-0.15, -0.1) is 0 Å². The molecule has 0 aromatic heterocycles. The number of rotatable bonds is 4. The Morgan fingerprint density at radius 2 is 1.22 bits per heavy atom. The summed E-state index contributed by atoms with van der Waals surface area (Å²) in [6.45, 7) is 9.48. The summed E-state index contributed by atoms with van der Waals surface area (Å²) in [4.78, 5) is 0. The van der Waals surface area contributed by atoms with Gasteiger partial charge in [-0.25, -0.2) is 0 Å². The van der Waals surface area contributed by atoms with Crippen LogP contribution in [0.4, 0.5) is 0 Å². The standard InChI is InChI=1S/C7H18N2/c1-6(2)8-5-9-7(3)4/h6-9H,5H2,1-4H3. The van der Waals surface area contributed by atoms with E-state index in [4.69, 9.17) is 0 Å². The second kappa shape index (κ2) is 4.77. The highest BCUT2D eigenvalue weighted by Gasteiger charge is 1.91. The van der Waals surface area contributed by atoms with Crippen molar-refractivity contribution in [2.45, 2.75) is 39.8 Å². The third-order valence-corrected chi connectivity index (χ3v) is 1.02. The summed E-state index contributed by atoms with van der Waals surface area (Å²) >= 11 is 0. The Labute approximate surface area is 58.0 Å². The number of hydrogen-bond acceptors (Lipinski definition) is 2. The maximum absolute atomic E-state index is 3.27. The second-order valence-electron chi connectivity index (χ2n) is 2.89. The van der Waals surface area contributed by atoms with Crippen LogP contribution in [-0.4, -0.2) is 18.8 Å². The molecular formula is C7H18N2. The van der Waals surface area contributed by atoms with E-state index in [0.29, 0.717) is 12.1 Å². The van der Waals surface area contributed by atoms with Gasteiger partial charge in [-0.05, 0) is 27.7 Å². The lowest BCUT2D eigenvalue weighted by atomic mass is 10.4. The van der Waals surface area contributed by atoms with Gasteiger partial charge in [0.25, 0.3) is 0 Å². The van der Waals surface area contributed by atoms with E-state index in [0.717, 1.165) is 6.67 Å². The molecule has 0 spiro atoms. The molecule has 9 heavy (non-hydrogen) atoms. The summed E-state index contributed by atoms with van der Waals surface area (Å²) in [5.74, 6) is 0. The van der Waals surface area contributed by atoms with Gasteiger partial charge in [0, 0.05) is 18.8 Å². The first-order chi connectivity index (χ1) is 4.13. The Bertz CT molecular complexity index is 51.9. The fourth-order valence-corrected chi connectivity index (χ4v) is 0.467. The first-order valence-corrected chi connectivity index (χ1v) is 3.59. The average molecular weight is 130 g/mol. The molecule has 2 N–H and O–H groups in total. The molecule has 0 aromatic carbocycles. The van der Waals surface area contributed by atoms with Crippen molar-refractivity contribution in [2.24, 2.45) is 0 Å². The van der Waals surface area contributed by atoms with Gasteiger partial charge in [-0.2, -0.15) is 0 Å². The van der Waals surface area contributed by atoms with Crippen molar-refractivity contribution in [3.63, 3.8) is 0 Å². The average Bonchev–Trinajstić information content (AvgIpc) is 1.63. The number of nitrogens with one attached hydrogen (secondary N) is 2. The van der Waals surface area contributed by atoms with E-state index >= 15 is 0 Å². The summed E-state index contributed by atoms with van der Waals surface area (Å²) in [5.41, 5.74) is 0. The predicted molar refractivity (Wildman–Crippen MR) is 41.4 cm³/mol. The third-order valence-electron chi connectivity index (χ3n) is 1.02. The van der Waals surface area contributed by atoms with Gasteiger partial charge in [0.15, 0.2) is 0 Å². The molecule has 2 nitrogen and oxygen atoms in total. The van der Waals surface area contributed by atoms with Crippen LogP contribution in [0.3, 0.4) is 0 Å². The molecule has 0 aliphatic carbocycles. The largest absolute Gasteiger partial charge is 0.302 e. The van der Waals surface area contributed by atoms with Gasteiger partial charge >= 0.3 is 0 Å². The van der Waals surface area contributed by atoms with Crippen LogP contribution >= 0.6 is 0 Å². The summed E-state index contributed by atoms with van der Waals surface area (Å²) in [7, 11) is 0. The van der Waals surface area contributed by atoms with Gasteiger partial charge < -0.3 is 10.6 Å². The Morgan fingerprint density at radius 3 is 1.44 bits per heavy atom. The summed E-state index contributed by atoms with van der Waals surface area (Å²) in [6, 6.07) is 1.16. The SMILES string of the molecule is CC(C)NCNC(C)C. The second-order valence-corrected chi connectivity index (χ2v) is 2.89. The predicted octanol–water partition coefficient (Wildman–Crippen LogP) is 0.940. The van der Waals surface area contributed by atoms with Crippen LogP contribution in [0.15, 0.2) is 0 Å². The minimum absolute atomic E-state index is 0.580. The maximum atomic E-state index is 3.27. The molecule has 0 heterocycles. The van der Waals surface area contributed by atoms with Crippen LogP contribution in [0.5, 0.6) is 0 Å². The highest BCUT2D eigenvalue weighted by molar-refractivity contribution is 4.54. The fourth-order valence-electron chi connectivity index (χ4n) is 0.467. The molecule has 0 saturated heterocycles. The van der Waals surface area contributed by atoms with Crippen LogP contribution in [-0.2, 0) is 0 Å². The Morgan fingerprint density at radius 1 is 0.889 bits per heavy atom. The van der Waals surface area contributed by atoms with Crippen molar-refractivity contribution < 1.29 is 0 Å². The Kier molecular flexibility index (Phi) is 4.72. The zero-order valence-electron chi connectivity index (χ0n) is 6.86. The highest BCUT2D eigenvalue weighted by Crippen LogP contribution is 1.75. The molecule has 0 amide bonds. The molecule has 0 aliphatic heterocycles. The molecule has 0 aromatic rings. The lowest BCUT2D eigenvalue weighted by molar-refractivity contribution is 0.490. The molecule has 0 radical (unpaired) electrons. The molecule has 0 fully saturated rings. The van der Waals surface area contributed by atoms with Crippen LogP contribution in [0.2, 0.25) is 0 Å². The first kappa shape index (κ1) is 8.92. The molecule has 0 saturated carbocycles. The molecule has 0 unspecified atom stereocenters. The first-order valence-electron chi connectivity index (χ1n) is 3.59. The van der Waals surface area contributed by atoms with E-state index < -0.39 is 0 Å². The van der Waals surface area contributed by atoms with Gasteiger partial charge in [0.1, 0.15) is 0 Å². The van der Waals surface area contributed by atoms with Crippen molar-refractivity contribution in [3.05, 3.63) is 0 Å². The van der Waals surface area contributed by atoms with Crippen molar-refractivity contribution in [1.82, 2.24) is 10.6 Å². The minimum atomic E-state index is 0.580. The molecule has 2 heteroatoms. The van der Waals surface area contributed by atoms with E-state index in [1.165, 1.54) is 0 Å². The monoisotopic (exact) mass is 130 g/mol. The zero-order chi connectivity index (χ0) is 7.28. The zero-order valence-corrected chi connectivity index (χ0v) is 6.86. The van der Waals surface area contributed by atoms with Crippen LogP contribution in [0.1, 0.15) is 27.7 Å². The lowest BCUT2D eigenvalue weighted by Crippen LogP contribution is -2.37. The molecule has 0 atom stereocenters. The minimum Gasteiger partial charge on any atom is -0.302 e. The molecule has 56 valence electrons. The van der Waals surface area contributed by atoms with Crippen molar-refractivity contribution in [1.29, 1.82) is 0 Å². The highest BCUT2D eigenvalue weighted by atomic mass is 15.1. The van der Waals surface area contributed by atoms with Gasteiger partial charge in [0.05, 0.1) is 0 Å². The smallest absolute Gasteiger partial charge is 0.0458 e. The summed E-state index contributed by atoms with van der Waals surface area (Å²) < 4.78 is 0. The van der Waals surface area contributed by atoms with Crippen LogP contribution in [0.25, 0.3) is 0 Å². The van der Waals surface area contributed by atoms with E-state index in [9.17, 15) is 0 Å². The van der Waals surface area contributed by atoms with E-state index in [2.05, 4.69) is 38.3 Å². The molecule has 0 bridgehead atoms. The van der Waals surface area contributed by atoms with Gasteiger partial charge in [0.2, 0.25) is 0 Å². The Balaban J connectivity index is 2.91. The normalized spacial score (nSPS) is 11.3. The van der Waals surface area contributed by atoms with E-state index in [1.807, 2.05) is 0 Å². The topological polar surface area (TPSA) is 24.1 Å². The Hall–Kier alpha value is -0.0800. The van der Waals surface area contributed by atoms with E-state index in [1.54, 1.807) is 0 Å². The molecule has 0 rings (SSSR count). The fraction of sp³-hybridized carbons (Fsp3) is 1.00. The maximum Gasteiger partial charge on any atom is 0.0458 e. The molecular weight excluding hydrogens is 112 g/mol. The van der Waals surface area contributed by atoms with Gasteiger partial charge in [-0.3, -0.25) is 0 Å².